The van der Waals surface area contributed by atoms with Crippen LogP contribution in [-0.2, 0) is 9.59 Å². The summed E-state index contributed by atoms with van der Waals surface area (Å²) in [5, 5.41) is 4.73. The van der Waals surface area contributed by atoms with Crippen LogP contribution in [0.2, 0.25) is 0 Å². The Labute approximate surface area is 113 Å². The molecule has 1 atom stereocenters. The Morgan fingerprint density at radius 2 is 1.95 bits per heavy atom. The third-order valence-corrected chi connectivity index (χ3v) is 2.15. The number of hydrogen-bond donors (Lipinski definition) is 2. The van der Waals surface area contributed by atoms with Crippen LogP contribution < -0.4 is 15.4 Å². The van der Waals surface area contributed by atoms with Crippen molar-refractivity contribution in [2.45, 2.75) is 26.3 Å². The van der Waals surface area contributed by atoms with Crippen LogP contribution in [0.1, 0.15) is 13.8 Å². The summed E-state index contributed by atoms with van der Waals surface area (Å²) in [4.78, 5) is 22.4. The van der Waals surface area contributed by atoms with E-state index in [9.17, 15) is 22.8 Å². The molecule has 0 aliphatic heterocycles. The maximum Gasteiger partial charge on any atom is 0.573 e. The number of benzene rings is 1. The van der Waals surface area contributed by atoms with Gasteiger partial charge in [-0.05, 0) is 19.1 Å². The van der Waals surface area contributed by atoms with Crippen molar-refractivity contribution in [2.75, 3.05) is 5.32 Å². The normalized spacial score (nSPS) is 12.4. The third-order valence-electron chi connectivity index (χ3n) is 2.15. The van der Waals surface area contributed by atoms with E-state index in [1.165, 1.54) is 26.0 Å². The fourth-order valence-corrected chi connectivity index (χ4v) is 1.39. The van der Waals surface area contributed by atoms with Crippen LogP contribution >= 0.6 is 0 Å². The molecule has 0 aromatic heterocycles. The number of halogens is 3. The van der Waals surface area contributed by atoms with Crippen molar-refractivity contribution in [3.05, 3.63) is 24.3 Å². The SMILES string of the molecule is CC(=O)N[C@H](C)C(=O)Nc1cccc(OC(F)(F)F)c1. The molecule has 0 saturated carbocycles. The van der Waals surface area contributed by atoms with Gasteiger partial charge in [-0.2, -0.15) is 0 Å². The molecule has 0 radical (unpaired) electrons. The van der Waals surface area contributed by atoms with Gasteiger partial charge in [0.15, 0.2) is 0 Å². The fourth-order valence-electron chi connectivity index (χ4n) is 1.39. The molecule has 1 aromatic carbocycles. The maximum absolute atomic E-state index is 12.1. The lowest BCUT2D eigenvalue weighted by Gasteiger charge is -2.14. The summed E-state index contributed by atoms with van der Waals surface area (Å²) in [6, 6.07) is 4.05. The van der Waals surface area contributed by atoms with E-state index in [0.717, 1.165) is 12.1 Å². The van der Waals surface area contributed by atoms with E-state index in [-0.39, 0.29) is 11.6 Å². The fraction of sp³-hybridized carbons (Fsp3) is 0.333. The average molecular weight is 290 g/mol. The van der Waals surface area contributed by atoms with Crippen LogP contribution in [0.5, 0.6) is 5.75 Å². The Bertz CT molecular complexity index is 503. The van der Waals surface area contributed by atoms with Gasteiger partial charge in [0.05, 0.1) is 0 Å². The first-order valence-corrected chi connectivity index (χ1v) is 5.61. The molecule has 0 saturated heterocycles. The van der Waals surface area contributed by atoms with Gasteiger partial charge in [0.25, 0.3) is 0 Å². The van der Waals surface area contributed by atoms with E-state index in [0.29, 0.717) is 0 Å². The molecule has 0 spiro atoms. The topological polar surface area (TPSA) is 67.4 Å². The number of amides is 2. The molecule has 0 unspecified atom stereocenters. The van der Waals surface area contributed by atoms with Gasteiger partial charge in [0.2, 0.25) is 11.8 Å². The monoisotopic (exact) mass is 290 g/mol. The predicted octanol–water partition coefficient (Wildman–Crippen LogP) is 2.05. The summed E-state index contributed by atoms with van der Waals surface area (Å²) < 4.78 is 39.9. The zero-order chi connectivity index (χ0) is 15.3. The van der Waals surface area contributed by atoms with E-state index in [1.54, 1.807) is 0 Å². The Balaban J connectivity index is 2.71. The minimum atomic E-state index is -4.80. The van der Waals surface area contributed by atoms with Gasteiger partial charge in [0.1, 0.15) is 11.8 Å². The van der Waals surface area contributed by atoms with E-state index in [1.807, 2.05) is 0 Å². The van der Waals surface area contributed by atoms with Gasteiger partial charge in [-0.25, -0.2) is 0 Å². The second kappa shape index (κ2) is 6.27. The van der Waals surface area contributed by atoms with Crippen molar-refractivity contribution in [2.24, 2.45) is 0 Å². The highest BCUT2D eigenvalue weighted by Crippen LogP contribution is 2.25. The summed E-state index contributed by atoms with van der Waals surface area (Å²) in [5.41, 5.74) is 0.133. The summed E-state index contributed by atoms with van der Waals surface area (Å²) in [6.07, 6.45) is -4.80. The van der Waals surface area contributed by atoms with E-state index in [4.69, 9.17) is 0 Å². The summed E-state index contributed by atoms with van der Waals surface area (Å²) in [6.45, 7) is 2.70. The van der Waals surface area contributed by atoms with E-state index < -0.39 is 24.1 Å². The Hall–Kier alpha value is -2.25. The highest BCUT2D eigenvalue weighted by Gasteiger charge is 2.31. The zero-order valence-corrected chi connectivity index (χ0v) is 10.7. The number of hydrogen-bond acceptors (Lipinski definition) is 3. The molecular formula is C12H13F3N2O3. The lowest BCUT2D eigenvalue weighted by molar-refractivity contribution is -0.274. The largest absolute Gasteiger partial charge is 0.573 e. The zero-order valence-electron chi connectivity index (χ0n) is 10.7. The van der Waals surface area contributed by atoms with Crippen LogP contribution in [0.4, 0.5) is 18.9 Å². The van der Waals surface area contributed by atoms with Gasteiger partial charge in [-0.1, -0.05) is 6.07 Å². The molecule has 0 fully saturated rings. The highest BCUT2D eigenvalue weighted by molar-refractivity contribution is 5.96. The van der Waals surface area contributed by atoms with Crippen molar-refractivity contribution in [3.8, 4) is 5.75 Å². The first kappa shape index (κ1) is 15.8. The maximum atomic E-state index is 12.1. The molecule has 2 amide bonds. The summed E-state index contributed by atoms with van der Waals surface area (Å²) in [7, 11) is 0. The molecule has 1 aromatic rings. The minimum Gasteiger partial charge on any atom is -0.406 e. The lowest BCUT2D eigenvalue weighted by atomic mass is 10.2. The number of carbonyl (C=O) groups is 2. The van der Waals surface area contributed by atoms with E-state index >= 15 is 0 Å². The number of alkyl halides is 3. The van der Waals surface area contributed by atoms with Gasteiger partial charge in [-0.3, -0.25) is 9.59 Å². The van der Waals surface area contributed by atoms with Crippen molar-refractivity contribution in [3.63, 3.8) is 0 Å². The van der Waals surface area contributed by atoms with Crippen molar-refractivity contribution >= 4 is 17.5 Å². The number of anilines is 1. The van der Waals surface area contributed by atoms with Crippen molar-refractivity contribution < 1.29 is 27.5 Å². The van der Waals surface area contributed by atoms with Gasteiger partial charge >= 0.3 is 6.36 Å². The molecule has 2 N–H and O–H groups in total. The van der Waals surface area contributed by atoms with Crippen LogP contribution in [0.15, 0.2) is 24.3 Å². The van der Waals surface area contributed by atoms with Gasteiger partial charge in [-0.15, -0.1) is 13.2 Å². The van der Waals surface area contributed by atoms with Crippen LogP contribution in [0.25, 0.3) is 0 Å². The molecule has 0 aliphatic rings. The molecular weight excluding hydrogens is 277 g/mol. The second-order valence-corrected chi connectivity index (χ2v) is 3.99. The Kier molecular flexibility index (Phi) is 4.95. The van der Waals surface area contributed by atoms with Crippen molar-refractivity contribution in [1.82, 2.24) is 5.32 Å². The molecule has 5 nitrogen and oxygen atoms in total. The van der Waals surface area contributed by atoms with Gasteiger partial charge in [0, 0.05) is 18.7 Å². The molecule has 0 heterocycles. The smallest absolute Gasteiger partial charge is 0.406 e. The minimum absolute atomic E-state index is 0.133. The van der Waals surface area contributed by atoms with E-state index in [2.05, 4.69) is 15.4 Å². The number of ether oxygens (including phenoxy) is 1. The highest BCUT2D eigenvalue weighted by atomic mass is 19.4. The summed E-state index contributed by atoms with van der Waals surface area (Å²) >= 11 is 0. The van der Waals surface area contributed by atoms with Crippen LogP contribution in [0, 0.1) is 0 Å². The third kappa shape index (κ3) is 5.59. The lowest BCUT2D eigenvalue weighted by Crippen LogP contribution is -2.40. The molecule has 0 bridgehead atoms. The molecule has 20 heavy (non-hydrogen) atoms. The van der Waals surface area contributed by atoms with Crippen LogP contribution in [-0.4, -0.2) is 24.2 Å². The Morgan fingerprint density at radius 1 is 1.30 bits per heavy atom. The standard InChI is InChI=1S/C12H13F3N2O3/c1-7(16-8(2)18)11(19)17-9-4-3-5-10(6-9)20-12(13,14)15/h3-7H,1-2H3,(H,16,18)(H,17,19)/t7-/m1/s1. The molecule has 110 valence electrons. The average Bonchev–Trinajstić information content (AvgIpc) is 2.25. The first-order valence-electron chi connectivity index (χ1n) is 5.61. The second-order valence-electron chi connectivity index (χ2n) is 3.99. The number of carbonyl (C=O) groups excluding carboxylic acids is 2. The quantitative estimate of drug-likeness (QED) is 0.891. The molecule has 8 heteroatoms. The number of nitrogens with one attached hydrogen (secondary N) is 2. The van der Waals surface area contributed by atoms with Gasteiger partial charge < -0.3 is 15.4 Å². The first-order chi connectivity index (χ1) is 9.17. The predicted molar refractivity (Wildman–Crippen MR) is 65.0 cm³/mol. The molecule has 1 rings (SSSR count). The Morgan fingerprint density at radius 3 is 2.50 bits per heavy atom. The van der Waals surface area contributed by atoms with Crippen molar-refractivity contribution in [1.29, 1.82) is 0 Å². The molecule has 0 aliphatic carbocycles. The summed E-state index contributed by atoms with van der Waals surface area (Å²) in [5.74, 6) is -1.38. The number of rotatable bonds is 4. The van der Waals surface area contributed by atoms with Crippen LogP contribution in [0.3, 0.4) is 0 Å².